The maximum absolute atomic E-state index is 9.09. The largest absolute Gasteiger partial charge is 0.499 e. The minimum absolute atomic E-state index is 0.455. The van der Waals surface area contributed by atoms with Crippen LogP contribution in [0, 0.1) is 0 Å². The molecule has 2 nitrogen and oxygen atoms in total. The van der Waals surface area contributed by atoms with Crippen LogP contribution in [0.25, 0.3) is 0 Å². The number of aliphatic hydroxyl groups excluding tert-OH is 1. The third-order valence-electron chi connectivity index (χ3n) is 1.20. The van der Waals surface area contributed by atoms with Gasteiger partial charge in [0.25, 0.3) is 0 Å². The van der Waals surface area contributed by atoms with Crippen LogP contribution in [0.2, 0.25) is 0 Å². The maximum Gasteiger partial charge on any atom is 0.117 e. The Kier molecular flexibility index (Phi) is 4.14. The summed E-state index contributed by atoms with van der Waals surface area (Å²) in [7, 11) is 1.52. The molecule has 0 saturated heterocycles. The fourth-order valence-corrected chi connectivity index (χ4v) is 0.570. The first-order valence-corrected chi connectivity index (χ1v) is 3.13. The van der Waals surface area contributed by atoms with E-state index in [1.165, 1.54) is 7.11 Å². The molecule has 0 aromatic rings. The normalized spacial score (nSPS) is 12.8. The summed E-state index contributed by atoms with van der Waals surface area (Å²) in [6.07, 6.45) is 1.19. The van der Waals surface area contributed by atoms with Crippen molar-refractivity contribution < 1.29 is 9.84 Å². The van der Waals surface area contributed by atoms with Gasteiger partial charge in [-0.1, -0.05) is 19.9 Å². The lowest BCUT2D eigenvalue weighted by Crippen LogP contribution is -2.09. The van der Waals surface area contributed by atoms with Crippen molar-refractivity contribution in [3.63, 3.8) is 0 Å². The van der Waals surface area contributed by atoms with Crippen molar-refractivity contribution in [1.29, 1.82) is 0 Å². The van der Waals surface area contributed by atoms with Gasteiger partial charge in [0.15, 0.2) is 0 Å². The van der Waals surface area contributed by atoms with E-state index in [2.05, 4.69) is 6.58 Å². The number of hydrogen-bond acceptors (Lipinski definition) is 2. The Bertz CT molecular complexity index is 88.9. The molecule has 1 N–H and O–H groups in total. The van der Waals surface area contributed by atoms with Crippen LogP contribution < -0.4 is 0 Å². The zero-order chi connectivity index (χ0) is 7.28. The number of rotatable bonds is 4. The molecule has 0 aromatic heterocycles. The Morgan fingerprint density at radius 1 is 1.78 bits per heavy atom. The summed E-state index contributed by atoms with van der Waals surface area (Å²) >= 11 is 0. The van der Waals surface area contributed by atoms with Gasteiger partial charge < -0.3 is 9.84 Å². The monoisotopic (exact) mass is 130 g/mol. The Morgan fingerprint density at radius 2 is 2.33 bits per heavy atom. The van der Waals surface area contributed by atoms with Crippen molar-refractivity contribution in [3.8, 4) is 0 Å². The zero-order valence-electron chi connectivity index (χ0n) is 6.05. The second-order valence-electron chi connectivity index (χ2n) is 1.97. The molecule has 0 aliphatic rings. The molecule has 0 saturated carbocycles. The first-order valence-electron chi connectivity index (χ1n) is 3.13. The van der Waals surface area contributed by atoms with E-state index in [0.29, 0.717) is 5.76 Å². The second kappa shape index (κ2) is 4.39. The molecule has 9 heavy (non-hydrogen) atoms. The van der Waals surface area contributed by atoms with Gasteiger partial charge in [-0.15, -0.1) is 0 Å². The van der Waals surface area contributed by atoms with Crippen LogP contribution in [0.3, 0.4) is 0 Å². The van der Waals surface area contributed by atoms with Gasteiger partial charge in [-0.3, -0.25) is 0 Å². The van der Waals surface area contributed by atoms with Gasteiger partial charge in [-0.25, -0.2) is 0 Å². The Balaban J connectivity index is 3.45. The minimum atomic E-state index is -0.486. The van der Waals surface area contributed by atoms with Crippen LogP contribution >= 0.6 is 0 Å². The number of hydrogen-bond donors (Lipinski definition) is 1. The second-order valence-corrected chi connectivity index (χ2v) is 1.97. The molecule has 2 heteroatoms. The van der Waals surface area contributed by atoms with Gasteiger partial charge in [0.1, 0.15) is 11.9 Å². The van der Waals surface area contributed by atoms with Crippen molar-refractivity contribution in [2.24, 2.45) is 0 Å². The SMILES string of the molecule is C=C(OC)C(O)CCC. The van der Waals surface area contributed by atoms with E-state index in [9.17, 15) is 0 Å². The van der Waals surface area contributed by atoms with Gasteiger partial charge in [-0.2, -0.15) is 0 Å². The molecule has 0 radical (unpaired) electrons. The molecule has 1 unspecified atom stereocenters. The van der Waals surface area contributed by atoms with E-state index < -0.39 is 6.10 Å². The third-order valence-corrected chi connectivity index (χ3v) is 1.20. The topological polar surface area (TPSA) is 29.5 Å². The molecule has 0 amide bonds. The van der Waals surface area contributed by atoms with Gasteiger partial charge in [0.2, 0.25) is 0 Å². The van der Waals surface area contributed by atoms with E-state index in [-0.39, 0.29) is 0 Å². The quantitative estimate of drug-likeness (QED) is 0.581. The third kappa shape index (κ3) is 3.14. The average molecular weight is 130 g/mol. The number of aliphatic hydroxyl groups is 1. The van der Waals surface area contributed by atoms with E-state index in [4.69, 9.17) is 9.84 Å². The molecule has 0 fully saturated rings. The van der Waals surface area contributed by atoms with Crippen LogP contribution in [-0.4, -0.2) is 18.3 Å². The highest BCUT2D eigenvalue weighted by atomic mass is 16.5. The van der Waals surface area contributed by atoms with E-state index in [1.807, 2.05) is 6.92 Å². The van der Waals surface area contributed by atoms with Crippen LogP contribution in [0.4, 0.5) is 0 Å². The lowest BCUT2D eigenvalue weighted by atomic mass is 10.2. The summed E-state index contributed by atoms with van der Waals surface area (Å²) in [6, 6.07) is 0. The van der Waals surface area contributed by atoms with Gasteiger partial charge in [0, 0.05) is 0 Å². The highest BCUT2D eigenvalue weighted by Crippen LogP contribution is 2.05. The predicted octanol–water partition coefficient (Wildman–Crippen LogP) is 1.31. The van der Waals surface area contributed by atoms with Crippen LogP contribution in [0.1, 0.15) is 19.8 Å². The summed E-state index contributed by atoms with van der Waals surface area (Å²) in [5.41, 5.74) is 0. The van der Waals surface area contributed by atoms with Crippen LogP contribution in [0.15, 0.2) is 12.3 Å². The smallest absolute Gasteiger partial charge is 0.117 e. The molecule has 0 bridgehead atoms. The lowest BCUT2D eigenvalue weighted by molar-refractivity contribution is 0.122. The molecule has 0 spiro atoms. The van der Waals surface area contributed by atoms with Gasteiger partial charge in [0.05, 0.1) is 7.11 Å². The molecule has 0 aromatic carbocycles. The fourth-order valence-electron chi connectivity index (χ4n) is 0.570. The molecule has 1 atom stereocenters. The lowest BCUT2D eigenvalue weighted by Gasteiger charge is -2.09. The Hall–Kier alpha value is -0.500. The summed E-state index contributed by atoms with van der Waals surface area (Å²) in [6.45, 7) is 5.53. The molecular formula is C7H14O2. The number of methoxy groups -OCH3 is 1. The van der Waals surface area contributed by atoms with Crippen molar-refractivity contribution in [2.45, 2.75) is 25.9 Å². The first kappa shape index (κ1) is 8.50. The molecule has 54 valence electrons. The zero-order valence-corrected chi connectivity index (χ0v) is 6.05. The Labute approximate surface area is 56.1 Å². The summed E-state index contributed by atoms with van der Waals surface area (Å²) in [5, 5.41) is 9.09. The summed E-state index contributed by atoms with van der Waals surface area (Å²) in [5.74, 6) is 0.455. The highest BCUT2D eigenvalue weighted by Gasteiger charge is 2.05. The van der Waals surface area contributed by atoms with E-state index >= 15 is 0 Å². The predicted molar refractivity (Wildman–Crippen MR) is 37.1 cm³/mol. The summed E-state index contributed by atoms with van der Waals surface area (Å²) in [4.78, 5) is 0. The van der Waals surface area contributed by atoms with Crippen molar-refractivity contribution in [2.75, 3.05) is 7.11 Å². The molecule has 0 aliphatic heterocycles. The minimum Gasteiger partial charge on any atom is -0.499 e. The summed E-state index contributed by atoms with van der Waals surface area (Å²) < 4.78 is 4.72. The molecule has 0 rings (SSSR count). The van der Waals surface area contributed by atoms with Crippen molar-refractivity contribution in [3.05, 3.63) is 12.3 Å². The van der Waals surface area contributed by atoms with Crippen LogP contribution in [0.5, 0.6) is 0 Å². The van der Waals surface area contributed by atoms with E-state index in [1.54, 1.807) is 0 Å². The Morgan fingerprint density at radius 3 is 2.67 bits per heavy atom. The molecule has 0 aliphatic carbocycles. The highest BCUT2D eigenvalue weighted by molar-refractivity contribution is 4.90. The molecular weight excluding hydrogens is 116 g/mol. The number of ether oxygens (including phenoxy) is 1. The van der Waals surface area contributed by atoms with Crippen molar-refractivity contribution in [1.82, 2.24) is 0 Å². The first-order chi connectivity index (χ1) is 4.22. The van der Waals surface area contributed by atoms with Gasteiger partial charge >= 0.3 is 0 Å². The van der Waals surface area contributed by atoms with Crippen molar-refractivity contribution >= 4 is 0 Å². The molecule has 0 heterocycles. The van der Waals surface area contributed by atoms with Crippen LogP contribution in [-0.2, 0) is 4.74 Å². The average Bonchev–Trinajstić information content (AvgIpc) is 1.87. The van der Waals surface area contributed by atoms with Gasteiger partial charge in [-0.05, 0) is 6.42 Å². The van der Waals surface area contributed by atoms with E-state index in [0.717, 1.165) is 12.8 Å². The standard InChI is InChI=1S/C7H14O2/c1-4-5-7(8)6(2)9-3/h7-8H,2,4-5H2,1,3H3. The fraction of sp³-hybridized carbons (Fsp3) is 0.714. The maximum atomic E-state index is 9.09.